The number of hydrogen-bond donors (Lipinski definition) is 0. The molecule has 0 N–H and O–H groups in total. The molecule has 1 heterocycles. The highest BCUT2D eigenvalue weighted by Crippen LogP contribution is 2.16. The van der Waals surface area contributed by atoms with Crippen molar-refractivity contribution in [2.24, 2.45) is 0 Å². The topological polar surface area (TPSA) is 23.6 Å². The largest absolute Gasteiger partial charge is 0.336 e. The van der Waals surface area contributed by atoms with Gasteiger partial charge in [0.05, 0.1) is 0 Å². The number of benzene rings is 2. The SMILES string of the molecule is CC1CN(C(=O)c2ccc(Br)cc2)CCN1CCc1ccccc1. The molecule has 2 aromatic rings. The Hall–Kier alpha value is -1.65. The fourth-order valence-electron chi connectivity index (χ4n) is 3.20. The molecule has 3 nitrogen and oxygen atoms in total. The molecule has 0 bridgehead atoms. The molecule has 4 heteroatoms. The second-order valence-corrected chi connectivity index (χ2v) is 7.29. The van der Waals surface area contributed by atoms with E-state index >= 15 is 0 Å². The van der Waals surface area contributed by atoms with Crippen LogP contribution in [-0.4, -0.2) is 47.9 Å². The van der Waals surface area contributed by atoms with Crippen molar-refractivity contribution in [2.45, 2.75) is 19.4 Å². The first-order chi connectivity index (χ1) is 11.6. The molecule has 0 aromatic heterocycles. The molecule has 1 fully saturated rings. The maximum Gasteiger partial charge on any atom is 0.253 e. The zero-order valence-corrected chi connectivity index (χ0v) is 15.6. The molecular formula is C20H23BrN2O. The predicted molar refractivity (Wildman–Crippen MR) is 101 cm³/mol. The number of piperazine rings is 1. The van der Waals surface area contributed by atoms with Gasteiger partial charge in [-0.3, -0.25) is 9.69 Å². The summed E-state index contributed by atoms with van der Waals surface area (Å²) in [5, 5.41) is 0. The first kappa shape index (κ1) is 17.2. The molecular weight excluding hydrogens is 364 g/mol. The number of rotatable bonds is 4. The highest BCUT2D eigenvalue weighted by Gasteiger charge is 2.26. The molecule has 1 amide bonds. The smallest absolute Gasteiger partial charge is 0.253 e. The lowest BCUT2D eigenvalue weighted by Gasteiger charge is -2.40. The van der Waals surface area contributed by atoms with Gasteiger partial charge in [-0.2, -0.15) is 0 Å². The summed E-state index contributed by atoms with van der Waals surface area (Å²) in [6, 6.07) is 18.6. The van der Waals surface area contributed by atoms with E-state index in [1.54, 1.807) is 0 Å². The van der Waals surface area contributed by atoms with E-state index in [-0.39, 0.29) is 5.91 Å². The van der Waals surface area contributed by atoms with Crippen LogP contribution in [0.25, 0.3) is 0 Å². The van der Waals surface area contributed by atoms with Crippen LogP contribution in [0, 0.1) is 0 Å². The van der Waals surface area contributed by atoms with E-state index in [1.807, 2.05) is 29.2 Å². The van der Waals surface area contributed by atoms with Gasteiger partial charge in [0.2, 0.25) is 0 Å². The lowest BCUT2D eigenvalue weighted by Crippen LogP contribution is -2.53. The van der Waals surface area contributed by atoms with E-state index in [1.165, 1.54) is 5.56 Å². The van der Waals surface area contributed by atoms with Crippen LogP contribution in [0.1, 0.15) is 22.8 Å². The van der Waals surface area contributed by atoms with Crippen LogP contribution in [0.4, 0.5) is 0 Å². The Balaban J connectivity index is 1.54. The number of halogens is 1. The van der Waals surface area contributed by atoms with Gasteiger partial charge in [-0.1, -0.05) is 46.3 Å². The molecule has 1 atom stereocenters. The number of carbonyl (C=O) groups excluding carboxylic acids is 1. The van der Waals surface area contributed by atoms with E-state index in [0.29, 0.717) is 6.04 Å². The zero-order valence-electron chi connectivity index (χ0n) is 14.0. The summed E-state index contributed by atoms with van der Waals surface area (Å²) in [5.74, 6) is 0.136. The van der Waals surface area contributed by atoms with Gasteiger partial charge in [-0.15, -0.1) is 0 Å². The van der Waals surface area contributed by atoms with Crippen molar-refractivity contribution in [1.82, 2.24) is 9.80 Å². The molecule has 0 spiro atoms. The van der Waals surface area contributed by atoms with Crippen LogP contribution < -0.4 is 0 Å². The monoisotopic (exact) mass is 386 g/mol. The minimum atomic E-state index is 0.136. The van der Waals surface area contributed by atoms with Crippen molar-refractivity contribution in [2.75, 3.05) is 26.2 Å². The molecule has 24 heavy (non-hydrogen) atoms. The average Bonchev–Trinajstić information content (AvgIpc) is 2.61. The Kier molecular flexibility index (Phi) is 5.69. The first-order valence-corrected chi connectivity index (χ1v) is 9.25. The summed E-state index contributed by atoms with van der Waals surface area (Å²) in [5.41, 5.74) is 2.14. The second-order valence-electron chi connectivity index (χ2n) is 6.38. The van der Waals surface area contributed by atoms with Crippen molar-refractivity contribution in [3.8, 4) is 0 Å². The van der Waals surface area contributed by atoms with Gasteiger partial charge < -0.3 is 4.90 Å². The minimum absolute atomic E-state index is 0.136. The van der Waals surface area contributed by atoms with Crippen LogP contribution in [0.5, 0.6) is 0 Å². The first-order valence-electron chi connectivity index (χ1n) is 8.46. The average molecular weight is 387 g/mol. The van der Waals surface area contributed by atoms with Crippen LogP contribution in [0.2, 0.25) is 0 Å². The quantitative estimate of drug-likeness (QED) is 0.796. The second kappa shape index (κ2) is 7.95. The molecule has 3 rings (SSSR count). The Labute approximate surface area is 152 Å². The summed E-state index contributed by atoms with van der Waals surface area (Å²) in [6.45, 7) is 5.80. The summed E-state index contributed by atoms with van der Waals surface area (Å²) in [4.78, 5) is 17.1. The third-order valence-corrected chi connectivity index (χ3v) is 5.20. The molecule has 0 radical (unpaired) electrons. The van der Waals surface area contributed by atoms with Crippen molar-refractivity contribution in [3.05, 3.63) is 70.2 Å². The molecule has 126 valence electrons. The Morgan fingerprint density at radius 1 is 1.08 bits per heavy atom. The maximum atomic E-state index is 12.6. The van der Waals surface area contributed by atoms with Crippen molar-refractivity contribution in [1.29, 1.82) is 0 Å². The normalized spacial score (nSPS) is 18.6. The Bertz CT molecular complexity index is 672. The third kappa shape index (κ3) is 4.25. The standard InChI is InChI=1S/C20H23BrN2O/c1-16-15-23(20(24)18-7-9-19(21)10-8-18)14-13-22(16)12-11-17-5-3-2-4-6-17/h2-10,16H,11-15H2,1H3. The van der Waals surface area contributed by atoms with Gasteiger partial charge in [0.25, 0.3) is 5.91 Å². The van der Waals surface area contributed by atoms with E-state index in [0.717, 1.165) is 42.6 Å². The highest BCUT2D eigenvalue weighted by molar-refractivity contribution is 9.10. The molecule has 0 saturated carbocycles. The number of amides is 1. The molecule has 0 aliphatic carbocycles. The van der Waals surface area contributed by atoms with Crippen LogP contribution in [0.3, 0.4) is 0 Å². The van der Waals surface area contributed by atoms with E-state index in [9.17, 15) is 4.79 Å². The van der Waals surface area contributed by atoms with Crippen molar-refractivity contribution < 1.29 is 4.79 Å². The third-order valence-electron chi connectivity index (χ3n) is 4.67. The summed E-state index contributed by atoms with van der Waals surface area (Å²) < 4.78 is 0.998. The zero-order chi connectivity index (χ0) is 16.9. The molecule has 1 aliphatic rings. The van der Waals surface area contributed by atoms with Gasteiger partial charge in [-0.05, 0) is 43.2 Å². The lowest BCUT2D eigenvalue weighted by molar-refractivity contribution is 0.0518. The van der Waals surface area contributed by atoms with E-state index in [2.05, 4.69) is 58.1 Å². The van der Waals surface area contributed by atoms with Gasteiger partial charge in [0.15, 0.2) is 0 Å². The molecule has 2 aromatic carbocycles. The van der Waals surface area contributed by atoms with Crippen molar-refractivity contribution >= 4 is 21.8 Å². The number of nitrogens with zero attached hydrogens (tertiary/aromatic N) is 2. The van der Waals surface area contributed by atoms with Gasteiger partial charge in [0.1, 0.15) is 0 Å². The summed E-state index contributed by atoms with van der Waals surface area (Å²) >= 11 is 3.41. The number of hydrogen-bond acceptors (Lipinski definition) is 2. The van der Waals surface area contributed by atoms with E-state index < -0.39 is 0 Å². The Morgan fingerprint density at radius 3 is 2.46 bits per heavy atom. The summed E-state index contributed by atoms with van der Waals surface area (Å²) in [7, 11) is 0. The lowest BCUT2D eigenvalue weighted by atomic mass is 10.1. The van der Waals surface area contributed by atoms with Gasteiger partial charge in [-0.25, -0.2) is 0 Å². The predicted octanol–water partition coefficient (Wildman–Crippen LogP) is 3.84. The fourth-order valence-corrected chi connectivity index (χ4v) is 3.47. The van der Waals surface area contributed by atoms with Gasteiger partial charge >= 0.3 is 0 Å². The van der Waals surface area contributed by atoms with Crippen LogP contribution >= 0.6 is 15.9 Å². The highest BCUT2D eigenvalue weighted by atomic mass is 79.9. The summed E-state index contributed by atoms with van der Waals surface area (Å²) in [6.07, 6.45) is 1.06. The fraction of sp³-hybridized carbons (Fsp3) is 0.350. The van der Waals surface area contributed by atoms with Crippen LogP contribution in [0.15, 0.2) is 59.1 Å². The number of carbonyl (C=O) groups is 1. The minimum Gasteiger partial charge on any atom is -0.336 e. The maximum absolute atomic E-state index is 12.6. The van der Waals surface area contributed by atoms with Crippen molar-refractivity contribution in [3.63, 3.8) is 0 Å². The molecule has 1 unspecified atom stereocenters. The van der Waals surface area contributed by atoms with E-state index in [4.69, 9.17) is 0 Å². The Morgan fingerprint density at radius 2 is 1.79 bits per heavy atom. The van der Waals surface area contributed by atoms with Gasteiger partial charge in [0, 0.05) is 42.3 Å². The van der Waals surface area contributed by atoms with Crippen LogP contribution in [-0.2, 0) is 6.42 Å². The molecule has 1 aliphatic heterocycles. The molecule has 1 saturated heterocycles.